The van der Waals surface area contributed by atoms with Gasteiger partial charge in [-0.05, 0) is 65.2 Å². The second-order valence-corrected chi connectivity index (χ2v) is 13.1. The molecule has 0 fully saturated rings. The third-order valence-corrected chi connectivity index (χ3v) is 10.2. The van der Waals surface area contributed by atoms with Crippen LogP contribution in [0.15, 0.2) is 152 Å². The van der Waals surface area contributed by atoms with E-state index in [0.29, 0.717) is 0 Å². The van der Waals surface area contributed by atoms with Crippen molar-refractivity contribution in [3.63, 3.8) is 0 Å². The molecule has 6 aromatic carbocycles. The Bertz CT molecular complexity index is 2590. The van der Waals surface area contributed by atoms with Gasteiger partial charge in [-0.25, -0.2) is 0 Å². The quantitative estimate of drug-likeness (QED) is 0.195. The molecule has 1 aliphatic rings. The number of benzene rings is 6. The molecule has 0 atom stereocenters. The summed E-state index contributed by atoms with van der Waals surface area (Å²) in [5, 5.41) is 5.16. The van der Waals surface area contributed by atoms with E-state index in [1.807, 2.05) is 0 Å². The van der Waals surface area contributed by atoms with Gasteiger partial charge in [0.1, 0.15) is 0 Å². The fraction of sp³-hybridized carbons (Fsp3) is 0.0698. The Balaban J connectivity index is 1.08. The maximum absolute atomic E-state index is 2.47. The Morgan fingerprint density at radius 3 is 1.48 bits per heavy atom. The Morgan fingerprint density at radius 2 is 0.891 bits per heavy atom. The van der Waals surface area contributed by atoms with Crippen LogP contribution < -0.4 is 0 Å². The van der Waals surface area contributed by atoms with Crippen LogP contribution in [0.5, 0.6) is 0 Å². The molecule has 0 spiro atoms. The highest BCUT2D eigenvalue weighted by atomic mass is 15.1. The number of nitrogens with zero attached hydrogens (tertiary/aromatic N) is 3. The molecule has 0 saturated carbocycles. The molecule has 10 rings (SSSR count). The fourth-order valence-electron chi connectivity index (χ4n) is 8.14. The van der Waals surface area contributed by atoms with Crippen LogP contribution in [0.2, 0.25) is 0 Å². The lowest BCUT2D eigenvalue weighted by atomic mass is 9.83. The van der Waals surface area contributed by atoms with Crippen LogP contribution in [0.3, 0.4) is 0 Å². The van der Waals surface area contributed by atoms with Crippen LogP contribution in [0, 0.1) is 0 Å². The van der Waals surface area contributed by atoms with Crippen molar-refractivity contribution < 1.29 is 0 Å². The van der Waals surface area contributed by atoms with E-state index in [9.17, 15) is 0 Å². The Kier molecular flexibility index (Phi) is 5.06. The first kappa shape index (κ1) is 25.5. The molecule has 0 saturated heterocycles. The molecular weight excluding hydrogens is 558 g/mol. The molecule has 4 heterocycles. The molecule has 1 aliphatic heterocycles. The SMILES string of the molecule is CC1(C)c2ccccc2-n2cc3c4ccccc4n(-c4ccc(-c5ccc(-n6c7ccccc7c7ccccc76)cc5)cc4)c3c21. The molecule has 0 radical (unpaired) electrons. The molecular formula is C43H31N3. The van der Waals surface area contributed by atoms with E-state index in [0.717, 1.165) is 0 Å². The number of para-hydroxylation sites is 4. The molecule has 0 unspecified atom stereocenters. The first-order chi connectivity index (χ1) is 22.6. The van der Waals surface area contributed by atoms with Crippen LogP contribution in [0.4, 0.5) is 0 Å². The summed E-state index contributed by atoms with van der Waals surface area (Å²) in [6, 6.07) is 53.1. The van der Waals surface area contributed by atoms with Crippen LogP contribution in [-0.2, 0) is 5.41 Å². The van der Waals surface area contributed by atoms with Gasteiger partial charge in [-0.3, -0.25) is 0 Å². The van der Waals surface area contributed by atoms with Crippen LogP contribution >= 0.6 is 0 Å². The van der Waals surface area contributed by atoms with Gasteiger partial charge in [0.05, 0.1) is 27.8 Å². The van der Waals surface area contributed by atoms with Crippen molar-refractivity contribution in [2.45, 2.75) is 19.3 Å². The number of hydrogen-bond donors (Lipinski definition) is 0. The lowest BCUT2D eigenvalue weighted by Crippen LogP contribution is -2.16. The molecule has 46 heavy (non-hydrogen) atoms. The minimum atomic E-state index is -0.109. The highest BCUT2D eigenvalue weighted by Gasteiger charge is 2.39. The molecule has 218 valence electrons. The second kappa shape index (κ2) is 9.12. The first-order valence-corrected chi connectivity index (χ1v) is 16.0. The fourth-order valence-corrected chi connectivity index (χ4v) is 8.14. The van der Waals surface area contributed by atoms with E-state index in [4.69, 9.17) is 0 Å². The maximum Gasteiger partial charge on any atom is 0.0763 e. The largest absolute Gasteiger partial charge is 0.317 e. The lowest BCUT2D eigenvalue weighted by Gasteiger charge is -2.21. The third-order valence-electron chi connectivity index (χ3n) is 10.2. The van der Waals surface area contributed by atoms with E-state index in [1.54, 1.807) is 0 Å². The summed E-state index contributed by atoms with van der Waals surface area (Å²) < 4.78 is 7.27. The van der Waals surface area contributed by atoms with Gasteiger partial charge in [-0.15, -0.1) is 0 Å². The molecule has 0 aliphatic carbocycles. The smallest absolute Gasteiger partial charge is 0.0763 e. The molecule has 9 aromatic rings. The zero-order valence-electron chi connectivity index (χ0n) is 25.8. The Hall–Kier alpha value is -5.80. The third kappa shape index (κ3) is 3.32. The molecule has 0 bridgehead atoms. The highest BCUT2D eigenvalue weighted by Crippen LogP contribution is 2.49. The zero-order valence-corrected chi connectivity index (χ0v) is 25.8. The predicted octanol–water partition coefficient (Wildman–Crippen LogP) is 11.0. The molecule has 3 aromatic heterocycles. The maximum atomic E-state index is 2.47. The summed E-state index contributed by atoms with van der Waals surface area (Å²) in [5.74, 6) is 0. The molecule has 3 heteroatoms. The summed E-state index contributed by atoms with van der Waals surface area (Å²) in [7, 11) is 0. The van der Waals surface area contributed by atoms with Gasteiger partial charge in [-0.1, -0.05) is 111 Å². The number of fused-ring (bicyclic) bond motifs is 10. The van der Waals surface area contributed by atoms with E-state index < -0.39 is 0 Å². The minimum Gasteiger partial charge on any atom is -0.317 e. The van der Waals surface area contributed by atoms with Gasteiger partial charge >= 0.3 is 0 Å². The zero-order chi connectivity index (χ0) is 30.6. The van der Waals surface area contributed by atoms with E-state index in [2.05, 4.69) is 179 Å². The normalized spacial score (nSPS) is 13.6. The monoisotopic (exact) mass is 589 g/mol. The van der Waals surface area contributed by atoms with Gasteiger partial charge in [0.2, 0.25) is 0 Å². The second-order valence-electron chi connectivity index (χ2n) is 13.1. The van der Waals surface area contributed by atoms with Crippen LogP contribution in [0.1, 0.15) is 25.1 Å². The van der Waals surface area contributed by atoms with Crippen molar-refractivity contribution in [2.24, 2.45) is 0 Å². The van der Waals surface area contributed by atoms with Gasteiger partial charge < -0.3 is 13.7 Å². The van der Waals surface area contributed by atoms with Crippen molar-refractivity contribution in [3.05, 3.63) is 163 Å². The number of aromatic nitrogens is 3. The van der Waals surface area contributed by atoms with E-state index in [-0.39, 0.29) is 5.41 Å². The topological polar surface area (TPSA) is 14.8 Å². The Morgan fingerprint density at radius 1 is 0.435 bits per heavy atom. The van der Waals surface area contributed by atoms with Crippen molar-refractivity contribution in [1.82, 2.24) is 13.7 Å². The average Bonchev–Trinajstić information content (AvgIpc) is 3.81. The number of hydrogen-bond acceptors (Lipinski definition) is 0. The summed E-state index contributed by atoms with van der Waals surface area (Å²) in [6.45, 7) is 4.72. The minimum absolute atomic E-state index is 0.109. The van der Waals surface area contributed by atoms with Crippen molar-refractivity contribution in [3.8, 4) is 28.2 Å². The molecule has 3 nitrogen and oxygen atoms in total. The summed E-state index contributed by atoms with van der Waals surface area (Å²) in [5.41, 5.74) is 13.7. The Labute approximate surface area is 267 Å². The molecule has 0 N–H and O–H groups in total. The molecule has 0 amide bonds. The number of rotatable bonds is 3. The summed E-state index contributed by atoms with van der Waals surface area (Å²) in [4.78, 5) is 0. The summed E-state index contributed by atoms with van der Waals surface area (Å²) >= 11 is 0. The van der Waals surface area contributed by atoms with Gasteiger partial charge in [0, 0.05) is 50.2 Å². The van der Waals surface area contributed by atoms with Crippen molar-refractivity contribution in [2.75, 3.05) is 0 Å². The van der Waals surface area contributed by atoms with Gasteiger partial charge in [0.15, 0.2) is 0 Å². The van der Waals surface area contributed by atoms with Crippen molar-refractivity contribution in [1.29, 1.82) is 0 Å². The average molecular weight is 590 g/mol. The van der Waals surface area contributed by atoms with E-state index in [1.165, 1.54) is 83.1 Å². The van der Waals surface area contributed by atoms with E-state index >= 15 is 0 Å². The van der Waals surface area contributed by atoms with Gasteiger partial charge in [-0.2, -0.15) is 0 Å². The lowest BCUT2D eigenvalue weighted by molar-refractivity contribution is 0.646. The van der Waals surface area contributed by atoms with Crippen LogP contribution in [0.25, 0.3) is 71.8 Å². The standard InChI is InChI=1S/C43H31N3/c1-43(2)36-14-6-10-18-40(36)44-27-35-34-13-5-9-17-39(34)46(41(35)42(43)44)31-25-21-29(22-26-31)28-19-23-30(24-20-28)45-37-15-7-3-11-32(37)33-12-4-8-16-38(33)45/h3-27H,1-2H3. The highest BCUT2D eigenvalue weighted by molar-refractivity contribution is 6.12. The van der Waals surface area contributed by atoms with Gasteiger partial charge in [0.25, 0.3) is 0 Å². The van der Waals surface area contributed by atoms with Crippen molar-refractivity contribution >= 4 is 43.6 Å². The summed E-state index contributed by atoms with van der Waals surface area (Å²) in [6.07, 6.45) is 2.35. The predicted molar refractivity (Wildman–Crippen MR) is 192 cm³/mol. The van der Waals surface area contributed by atoms with Crippen LogP contribution in [-0.4, -0.2) is 13.7 Å². The first-order valence-electron chi connectivity index (χ1n) is 16.0.